The molecule has 30 heavy (non-hydrogen) atoms. The number of hydrogen-bond acceptors (Lipinski definition) is 6. The molecule has 0 N–H and O–H groups in total. The van der Waals surface area contributed by atoms with Crippen molar-refractivity contribution in [1.82, 2.24) is 25.1 Å². The molecule has 2 aromatic carbocycles. The van der Waals surface area contributed by atoms with Crippen LogP contribution in [0.4, 0.5) is 0 Å². The van der Waals surface area contributed by atoms with Crippen LogP contribution in [0, 0.1) is 0 Å². The van der Waals surface area contributed by atoms with Crippen LogP contribution in [0.2, 0.25) is 0 Å². The van der Waals surface area contributed by atoms with Crippen molar-refractivity contribution in [3.63, 3.8) is 0 Å². The second kappa shape index (κ2) is 8.94. The SMILES string of the molecule is COc1ccc([C@H]2CCCN2C(=O)[C@H](Cc2ccccc2)n2cnnn2)c(OC)c1. The second-order valence-corrected chi connectivity index (χ2v) is 7.29. The average Bonchev–Trinajstić information content (AvgIpc) is 3.49. The third kappa shape index (κ3) is 3.98. The lowest BCUT2D eigenvalue weighted by molar-refractivity contribution is -0.136. The number of rotatable bonds is 7. The summed E-state index contributed by atoms with van der Waals surface area (Å²) in [6, 6.07) is 15.1. The number of aromatic nitrogens is 4. The van der Waals surface area contributed by atoms with Gasteiger partial charge in [-0.15, -0.1) is 5.10 Å². The topological polar surface area (TPSA) is 82.4 Å². The number of hydrogen-bond donors (Lipinski definition) is 0. The summed E-state index contributed by atoms with van der Waals surface area (Å²) in [7, 11) is 3.26. The zero-order valence-electron chi connectivity index (χ0n) is 17.1. The molecule has 0 bridgehead atoms. The predicted molar refractivity (Wildman–Crippen MR) is 110 cm³/mol. The number of amides is 1. The number of tetrazole rings is 1. The van der Waals surface area contributed by atoms with Gasteiger partial charge in [-0.3, -0.25) is 4.79 Å². The van der Waals surface area contributed by atoms with Crippen LogP contribution in [-0.4, -0.2) is 51.8 Å². The normalized spacial score (nSPS) is 17.0. The number of nitrogens with zero attached hydrogens (tertiary/aromatic N) is 5. The van der Waals surface area contributed by atoms with E-state index in [2.05, 4.69) is 15.5 Å². The molecule has 2 heterocycles. The van der Waals surface area contributed by atoms with Crippen LogP contribution in [-0.2, 0) is 11.2 Å². The Bertz CT molecular complexity index is 978. The number of likely N-dealkylation sites (tertiary alicyclic amines) is 1. The number of ether oxygens (including phenoxy) is 2. The highest BCUT2D eigenvalue weighted by molar-refractivity contribution is 5.81. The van der Waals surface area contributed by atoms with Crippen LogP contribution in [0.3, 0.4) is 0 Å². The van der Waals surface area contributed by atoms with Gasteiger partial charge in [-0.05, 0) is 41.0 Å². The van der Waals surface area contributed by atoms with E-state index < -0.39 is 6.04 Å². The Morgan fingerprint density at radius 3 is 2.70 bits per heavy atom. The van der Waals surface area contributed by atoms with Crippen LogP contribution in [0.25, 0.3) is 0 Å². The van der Waals surface area contributed by atoms with Crippen molar-refractivity contribution in [3.05, 3.63) is 66.0 Å². The van der Waals surface area contributed by atoms with E-state index in [9.17, 15) is 4.79 Å². The molecule has 4 rings (SSSR count). The van der Waals surface area contributed by atoms with E-state index in [1.54, 1.807) is 18.9 Å². The van der Waals surface area contributed by atoms with Gasteiger partial charge in [0, 0.05) is 24.6 Å². The Balaban J connectivity index is 1.64. The van der Waals surface area contributed by atoms with Gasteiger partial charge in [0.15, 0.2) is 0 Å². The first-order valence-corrected chi connectivity index (χ1v) is 10.00. The Labute approximate surface area is 175 Å². The first kappa shape index (κ1) is 19.9. The molecule has 1 aliphatic heterocycles. The number of benzene rings is 2. The lowest BCUT2D eigenvalue weighted by Gasteiger charge is -2.30. The summed E-state index contributed by atoms with van der Waals surface area (Å²) in [6.45, 7) is 0.687. The molecule has 156 valence electrons. The minimum atomic E-state index is -0.507. The van der Waals surface area contributed by atoms with Crippen LogP contribution >= 0.6 is 0 Å². The van der Waals surface area contributed by atoms with E-state index in [0.717, 1.165) is 35.5 Å². The van der Waals surface area contributed by atoms with Crippen LogP contribution < -0.4 is 9.47 Å². The highest BCUT2D eigenvalue weighted by Crippen LogP contribution is 2.39. The lowest BCUT2D eigenvalue weighted by Crippen LogP contribution is -2.38. The second-order valence-electron chi connectivity index (χ2n) is 7.29. The van der Waals surface area contributed by atoms with Gasteiger partial charge in [0.1, 0.15) is 23.9 Å². The van der Waals surface area contributed by atoms with Crippen molar-refractivity contribution < 1.29 is 14.3 Å². The van der Waals surface area contributed by atoms with Gasteiger partial charge in [0.05, 0.1) is 20.3 Å². The fourth-order valence-corrected chi connectivity index (χ4v) is 4.08. The third-order valence-corrected chi connectivity index (χ3v) is 5.58. The molecule has 3 aromatic rings. The van der Waals surface area contributed by atoms with Crippen LogP contribution in [0.15, 0.2) is 54.9 Å². The molecule has 0 radical (unpaired) electrons. The van der Waals surface area contributed by atoms with Crippen molar-refractivity contribution in [2.75, 3.05) is 20.8 Å². The predicted octanol–water partition coefficient (Wildman–Crippen LogP) is 2.84. The Kier molecular flexibility index (Phi) is 5.92. The molecule has 1 saturated heterocycles. The van der Waals surface area contributed by atoms with Gasteiger partial charge < -0.3 is 14.4 Å². The highest BCUT2D eigenvalue weighted by Gasteiger charge is 2.36. The maximum Gasteiger partial charge on any atom is 0.248 e. The molecule has 1 fully saturated rings. The summed E-state index contributed by atoms with van der Waals surface area (Å²) in [5, 5.41) is 11.5. The van der Waals surface area contributed by atoms with Gasteiger partial charge in [0.2, 0.25) is 5.91 Å². The summed E-state index contributed by atoms with van der Waals surface area (Å²) in [4.78, 5) is 15.6. The Hall–Kier alpha value is -3.42. The summed E-state index contributed by atoms with van der Waals surface area (Å²) < 4.78 is 12.5. The molecule has 8 nitrogen and oxygen atoms in total. The lowest BCUT2D eigenvalue weighted by atomic mass is 10.0. The first-order valence-electron chi connectivity index (χ1n) is 10.00. The average molecular weight is 407 g/mol. The summed E-state index contributed by atoms with van der Waals surface area (Å²) in [5.74, 6) is 1.45. The first-order chi connectivity index (χ1) is 14.7. The quantitative estimate of drug-likeness (QED) is 0.599. The zero-order valence-corrected chi connectivity index (χ0v) is 17.1. The molecule has 1 amide bonds. The molecule has 2 atom stereocenters. The Morgan fingerprint density at radius 2 is 2.00 bits per heavy atom. The number of carbonyl (C=O) groups is 1. The van der Waals surface area contributed by atoms with Gasteiger partial charge >= 0.3 is 0 Å². The van der Waals surface area contributed by atoms with Gasteiger partial charge in [0.25, 0.3) is 0 Å². The fraction of sp³-hybridized carbons (Fsp3) is 0.364. The summed E-state index contributed by atoms with van der Waals surface area (Å²) in [5.41, 5.74) is 2.04. The molecule has 1 aromatic heterocycles. The highest BCUT2D eigenvalue weighted by atomic mass is 16.5. The minimum absolute atomic E-state index is 0.00604. The van der Waals surface area contributed by atoms with Gasteiger partial charge in [-0.2, -0.15) is 0 Å². The molecule has 0 unspecified atom stereocenters. The standard InChI is InChI=1S/C22H25N5O3/c1-29-17-10-11-18(21(14-17)30-2)19-9-6-12-26(19)22(28)20(27-15-23-24-25-27)13-16-7-4-3-5-8-16/h3-5,7-8,10-11,14-15,19-20H,6,9,12-13H2,1-2H3/t19-,20+/m1/s1. The molecule has 0 spiro atoms. The molecule has 8 heteroatoms. The number of methoxy groups -OCH3 is 2. The van der Waals surface area contributed by atoms with Crippen molar-refractivity contribution in [2.24, 2.45) is 0 Å². The van der Waals surface area contributed by atoms with E-state index in [1.807, 2.05) is 53.4 Å². The maximum absolute atomic E-state index is 13.7. The van der Waals surface area contributed by atoms with E-state index in [1.165, 1.54) is 6.33 Å². The Morgan fingerprint density at radius 1 is 1.17 bits per heavy atom. The van der Waals surface area contributed by atoms with E-state index >= 15 is 0 Å². The van der Waals surface area contributed by atoms with Crippen LogP contribution in [0.5, 0.6) is 11.5 Å². The number of carbonyl (C=O) groups excluding carboxylic acids is 1. The van der Waals surface area contributed by atoms with E-state index in [-0.39, 0.29) is 11.9 Å². The van der Waals surface area contributed by atoms with Gasteiger partial charge in [-0.1, -0.05) is 30.3 Å². The monoisotopic (exact) mass is 407 g/mol. The maximum atomic E-state index is 13.7. The largest absolute Gasteiger partial charge is 0.497 e. The van der Waals surface area contributed by atoms with E-state index in [4.69, 9.17) is 9.47 Å². The van der Waals surface area contributed by atoms with Gasteiger partial charge in [-0.25, -0.2) is 4.68 Å². The van der Waals surface area contributed by atoms with Crippen molar-refractivity contribution in [1.29, 1.82) is 0 Å². The minimum Gasteiger partial charge on any atom is -0.497 e. The van der Waals surface area contributed by atoms with Crippen LogP contribution in [0.1, 0.15) is 36.1 Å². The van der Waals surface area contributed by atoms with Crippen molar-refractivity contribution in [3.8, 4) is 11.5 Å². The molecule has 0 aliphatic carbocycles. The molecular formula is C22H25N5O3. The van der Waals surface area contributed by atoms with E-state index in [0.29, 0.717) is 13.0 Å². The zero-order chi connectivity index (χ0) is 20.9. The van der Waals surface area contributed by atoms with Crippen molar-refractivity contribution in [2.45, 2.75) is 31.3 Å². The fourth-order valence-electron chi connectivity index (χ4n) is 4.08. The molecule has 0 saturated carbocycles. The summed E-state index contributed by atoms with van der Waals surface area (Å²) in [6.07, 6.45) is 3.83. The summed E-state index contributed by atoms with van der Waals surface area (Å²) >= 11 is 0. The smallest absolute Gasteiger partial charge is 0.248 e. The molecule has 1 aliphatic rings. The van der Waals surface area contributed by atoms with Crippen molar-refractivity contribution >= 4 is 5.91 Å². The third-order valence-electron chi connectivity index (χ3n) is 5.58. The molecular weight excluding hydrogens is 382 g/mol.